The first-order valence-corrected chi connectivity index (χ1v) is 7.87. The first kappa shape index (κ1) is 17.0. The maximum absolute atomic E-state index is 12.9. The van der Waals surface area contributed by atoms with Crippen LogP contribution in [0.2, 0.25) is 0 Å². The van der Waals surface area contributed by atoms with Gasteiger partial charge in [0, 0.05) is 6.54 Å². The summed E-state index contributed by atoms with van der Waals surface area (Å²) in [4.78, 5) is 10.9. The second-order valence-corrected chi connectivity index (χ2v) is 5.65. The summed E-state index contributed by atoms with van der Waals surface area (Å²) in [7, 11) is 0. The number of aromatic nitrogens is 3. The third-order valence-corrected chi connectivity index (χ3v) is 3.88. The van der Waals surface area contributed by atoms with Crippen molar-refractivity contribution in [1.29, 1.82) is 0 Å². The average molecular weight is 336 g/mol. The van der Waals surface area contributed by atoms with Crippen molar-refractivity contribution in [3.05, 3.63) is 48.6 Å². The van der Waals surface area contributed by atoms with Gasteiger partial charge in [-0.05, 0) is 31.2 Å². The van der Waals surface area contributed by atoms with Crippen LogP contribution in [0.4, 0.5) is 4.39 Å². The van der Waals surface area contributed by atoms with Crippen molar-refractivity contribution < 1.29 is 13.9 Å². The minimum atomic E-state index is -0.430. The van der Waals surface area contributed by atoms with Gasteiger partial charge in [0.05, 0.1) is 5.75 Å². The molecule has 6 nitrogen and oxygen atoms in total. The lowest BCUT2D eigenvalue weighted by Gasteiger charge is -2.15. The standard InChI is InChI=1S/C15H17FN4O2S/c1-3-8-20-14(18-19-15(20)23-9-13(17)21)10(2)22-12-6-4-11(16)5-7-12/h3-7,10H,1,8-9H2,2H3,(H2,17,21)/t10-/m1/s1. The number of carbonyl (C=O) groups excluding carboxylic acids is 1. The molecule has 0 spiro atoms. The van der Waals surface area contributed by atoms with E-state index in [2.05, 4.69) is 16.8 Å². The zero-order valence-corrected chi connectivity index (χ0v) is 13.4. The van der Waals surface area contributed by atoms with E-state index in [0.29, 0.717) is 23.3 Å². The highest BCUT2D eigenvalue weighted by atomic mass is 32.2. The number of hydrogen-bond donors (Lipinski definition) is 1. The van der Waals surface area contributed by atoms with Crippen LogP contribution in [0.3, 0.4) is 0 Å². The minimum Gasteiger partial charge on any atom is -0.483 e. The molecule has 0 aliphatic rings. The lowest BCUT2D eigenvalue weighted by atomic mass is 10.3. The van der Waals surface area contributed by atoms with Gasteiger partial charge in [-0.2, -0.15) is 0 Å². The van der Waals surface area contributed by atoms with Crippen LogP contribution < -0.4 is 10.5 Å². The Hall–Kier alpha value is -2.35. The van der Waals surface area contributed by atoms with Gasteiger partial charge in [-0.25, -0.2) is 4.39 Å². The van der Waals surface area contributed by atoms with E-state index in [1.807, 2.05) is 6.92 Å². The third kappa shape index (κ3) is 4.56. The van der Waals surface area contributed by atoms with Gasteiger partial charge in [0.1, 0.15) is 11.6 Å². The summed E-state index contributed by atoms with van der Waals surface area (Å²) >= 11 is 1.20. The number of allylic oxidation sites excluding steroid dienone is 1. The lowest BCUT2D eigenvalue weighted by molar-refractivity contribution is -0.115. The van der Waals surface area contributed by atoms with Gasteiger partial charge in [-0.1, -0.05) is 17.8 Å². The van der Waals surface area contributed by atoms with Gasteiger partial charge in [0.2, 0.25) is 5.91 Å². The minimum absolute atomic E-state index is 0.114. The van der Waals surface area contributed by atoms with Crippen LogP contribution in [0.5, 0.6) is 5.75 Å². The van der Waals surface area contributed by atoms with Crippen molar-refractivity contribution in [1.82, 2.24) is 14.8 Å². The van der Waals surface area contributed by atoms with Gasteiger partial charge in [-0.15, -0.1) is 16.8 Å². The molecular formula is C15H17FN4O2S. The van der Waals surface area contributed by atoms with Crippen LogP contribution in [0.15, 0.2) is 42.1 Å². The molecule has 122 valence electrons. The largest absolute Gasteiger partial charge is 0.483 e. The van der Waals surface area contributed by atoms with E-state index in [1.165, 1.54) is 23.9 Å². The Morgan fingerprint density at radius 2 is 2.17 bits per heavy atom. The van der Waals surface area contributed by atoms with Crippen LogP contribution in [-0.2, 0) is 11.3 Å². The van der Waals surface area contributed by atoms with Gasteiger partial charge in [0.15, 0.2) is 17.1 Å². The molecule has 23 heavy (non-hydrogen) atoms. The van der Waals surface area contributed by atoms with Crippen molar-refractivity contribution in [2.45, 2.75) is 24.7 Å². The fourth-order valence-electron chi connectivity index (χ4n) is 1.91. The predicted octanol–water partition coefficient (Wildman–Crippen LogP) is 2.32. The maximum Gasteiger partial charge on any atom is 0.227 e. The highest BCUT2D eigenvalue weighted by Crippen LogP contribution is 2.24. The zero-order valence-electron chi connectivity index (χ0n) is 12.6. The molecule has 1 atom stereocenters. The summed E-state index contributed by atoms with van der Waals surface area (Å²) < 4.78 is 20.5. The van der Waals surface area contributed by atoms with Crippen molar-refractivity contribution in [3.8, 4) is 5.75 Å². The molecule has 0 bridgehead atoms. The molecule has 2 rings (SSSR count). The Kier molecular flexibility index (Phi) is 5.75. The van der Waals surface area contributed by atoms with E-state index in [-0.39, 0.29) is 11.6 Å². The maximum atomic E-state index is 12.9. The smallest absolute Gasteiger partial charge is 0.227 e. The van der Waals surface area contributed by atoms with E-state index in [0.717, 1.165) is 0 Å². The Morgan fingerprint density at radius 3 is 2.78 bits per heavy atom. The van der Waals surface area contributed by atoms with Gasteiger partial charge in [-0.3, -0.25) is 9.36 Å². The molecule has 0 aliphatic carbocycles. The predicted molar refractivity (Wildman–Crippen MR) is 85.6 cm³/mol. The molecule has 2 aromatic rings. The molecule has 0 aliphatic heterocycles. The Labute approximate surface area is 137 Å². The second-order valence-electron chi connectivity index (χ2n) is 4.71. The van der Waals surface area contributed by atoms with Gasteiger partial charge >= 0.3 is 0 Å². The molecule has 2 N–H and O–H groups in total. The van der Waals surface area contributed by atoms with Crippen LogP contribution in [0.1, 0.15) is 18.9 Å². The molecule has 0 radical (unpaired) electrons. The quantitative estimate of drug-likeness (QED) is 0.591. The molecule has 1 amide bonds. The number of hydrogen-bond acceptors (Lipinski definition) is 5. The first-order valence-electron chi connectivity index (χ1n) is 6.88. The van der Waals surface area contributed by atoms with Crippen molar-refractivity contribution in [3.63, 3.8) is 0 Å². The lowest BCUT2D eigenvalue weighted by Crippen LogP contribution is -2.15. The zero-order chi connectivity index (χ0) is 16.8. The molecule has 1 heterocycles. The number of halogens is 1. The number of amides is 1. The normalized spacial score (nSPS) is 11.9. The van der Waals surface area contributed by atoms with Crippen LogP contribution in [0, 0.1) is 5.82 Å². The third-order valence-electron chi connectivity index (χ3n) is 2.89. The molecule has 0 fully saturated rings. The number of thioether (sulfide) groups is 1. The van der Waals surface area contributed by atoms with E-state index >= 15 is 0 Å². The molecule has 1 aromatic carbocycles. The van der Waals surface area contributed by atoms with Crippen molar-refractivity contribution in [2.24, 2.45) is 5.73 Å². The van der Waals surface area contributed by atoms with E-state index in [4.69, 9.17) is 10.5 Å². The molecule has 0 saturated heterocycles. The molecule has 1 aromatic heterocycles. The highest BCUT2D eigenvalue weighted by molar-refractivity contribution is 7.99. The summed E-state index contributed by atoms with van der Waals surface area (Å²) in [5.41, 5.74) is 5.15. The van der Waals surface area contributed by atoms with Gasteiger partial charge in [0.25, 0.3) is 0 Å². The van der Waals surface area contributed by atoms with E-state index in [9.17, 15) is 9.18 Å². The van der Waals surface area contributed by atoms with Crippen LogP contribution >= 0.6 is 11.8 Å². The number of nitrogens with zero attached hydrogens (tertiary/aromatic N) is 3. The number of primary amides is 1. The van der Waals surface area contributed by atoms with Crippen molar-refractivity contribution in [2.75, 3.05) is 5.75 Å². The first-order chi connectivity index (χ1) is 11.0. The summed E-state index contributed by atoms with van der Waals surface area (Å²) in [6.07, 6.45) is 1.29. The summed E-state index contributed by atoms with van der Waals surface area (Å²) in [5, 5.41) is 8.75. The number of ether oxygens (including phenoxy) is 1. The fourth-order valence-corrected chi connectivity index (χ4v) is 2.61. The molecular weight excluding hydrogens is 319 g/mol. The molecule has 0 saturated carbocycles. The fraction of sp³-hybridized carbons (Fsp3) is 0.267. The number of nitrogens with two attached hydrogens (primary N) is 1. The monoisotopic (exact) mass is 336 g/mol. The molecule has 8 heteroatoms. The summed E-state index contributed by atoms with van der Waals surface area (Å²) in [6, 6.07) is 5.74. The summed E-state index contributed by atoms with van der Waals surface area (Å²) in [6.45, 7) is 5.99. The van der Waals surface area contributed by atoms with Crippen molar-refractivity contribution >= 4 is 17.7 Å². The van der Waals surface area contributed by atoms with Crippen LogP contribution in [0.25, 0.3) is 0 Å². The Balaban J connectivity index is 2.17. The van der Waals surface area contributed by atoms with E-state index < -0.39 is 12.0 Å². The van der Waals surface area contributed by atoms with Crippen LogP contribution in [-0.4, -0.2) is 26.4 Å². The van der Waals surface area contributed by atoms with Gasteiger partial charge < -0.3 is 10.5 Å². The topological polar surface area (TPSA) is 83.0 Å². The Bertz CT molecular complexity index is 687. The van der Waals surface area contributed by atoms with E-state index in [1.54, 1.807) is 22.8 Å². The SMILES string of the molecule is C=CCn1c(SCC(N)=O)nnc1[C@@H](C)Oc1ccc(F)cc1. The molecule has 0 unspecified atom stereocenters. The number of carbonyl (C=O) groups is 1. The number of benzene rings is 1. The average Bonchev–Trinajstić information content (AvgIpc) is 2.91. The second kappa shape index (κ2) is 7.77. The number of rotatable bonds is 8. The Morgan fingerprint density at radius 1 is 1.48 bits per heavy atom. The highest BCUT2D eigenvalue weighted by Gasteiger charge is 2.19. The summed E-state index contributed by atoms with van der Waals surface area (Å²) in [5.74, 6) is 0.465.